The van der Waals surface area contributed by atoms with Crippen LogP contribution in [0.1, 0.15) is 26.3 Å². The summed E-state index contributed by atoms with van der Waals surface area (Å²) < 4.78 is 11.0. The third-order valence-electron chi connectivity index (χ3n) is 3.68. The van der Waals surface area contributed by atoms with Gasteiger partial charge in [0.1, 0.15) is 19.3 Å². The molecule has 7 heteroatoms. The zero-order valence-corrected chi connectivity index (χ0v) is 14.9. The first-order chi connectivity index (χ1) is 11.4. The zero-order chi connectivity index (χ0) is 17.7. The normalized spacial score (nSPS) is 14.2. The van der Waals surface area contributed by atoms with E-state index in [1.807, 2.05) is 26.0 Å². The van der Waals surface area contributed by atoms with Crippen molar-refractivity contribution in [3.8, 4) is 11.5 Å². The monoisotopic (exact) mass is 354 g/mol. The molecule has 0 unspecified atom stereocenters. The predicted molar refractivity (Wildman–Crippen MR) is 91.6 cm³/mol. The fourth-order valence-electron chi connectivity index (χ4n) is 2.50. The van der Waals surface area contributed by atoms with Crippen molar-refractivity contribution in [2.24, 2.45) is 5.92 Å². The van der Waals surface area contributed by atoms with Crippen LogP contribution >= 0.6 is 11.6 Å². The van der Waals surface area contributed by atoms with Crippen molar-refractivity contribution in [1.82, 2.24) is 10.6 Å². The fourth-order valence-corrected chi connectivity index (χ4v) is 2.79. The molecule has 1 atom stereocenters. The highest BCUT2D eigenvalue weighted by molar-refractivity contribution is 6.32. The van der Waals surface area contributed by atoms with E-state index >= 15 is 0 Å². The van der Waals surface area contributed by atoms with Gasteiger partial charge in [0.25, 0.3) is 0 Å². The summed E-state index contributed by atoms with van der Waals surface area (Å²) in [6, 6.07) is 3.15. The van der Waals surface area contributed by atoms with Crippen molar-refractivity contribution in [2.45, 2.75) is 33.2 Å². The summed E-state index contributed by atoms with van der Waals surface area (Å²) in [5.41, 5.74) is 0.949. The van der Waals surface area contributed by atoms with E-state index in [0.29, 0.717) is 42.7 Å². The van der Waals surface area contributed by atoms with Crippen LogP contribution in [-0.4, -0.2) is 37.6 Å². The van der Waals surface area contributed by atoms with Gasteiger partial charge in [0.15, 0.2) is 11.5 Å². The highest BCUT2D eigenvalue weighted by Gasteiger charge is 2.22. The smallest absolute Gasteiger partial charge is 0.242 e. The Bertz CT molecular complexity index is 619. The molecule has 0 saturated heterocycles. The number of nitrogens with one attached hydrogen (secondary N) is 2. The SMILES string of the molecule is CC(=O)N[C@H](C(=O)NCCc1cc(Cl)c2c(c1)OCCO2)C(C)C. The molecule has 0 aromatic heterocycles. The Morgan fingerprint density at radius 3 is 2.62 bits per heavy atom. The van der Waals surface area contributed by atoms with Crippen LogP contribution in [0, 0.1) is 5.92 Å². The number of halogens is 1. The van der Waals surface area contributed by atoms with Crippen LogP contribution in [0.15, 0.2) is 12.1 Å². The van der Waals surface area contributed by atoms with Gasteiger partial charge in [-0.3, -0.25) is 9.59 Å². The second kappa shape index (κ2) is 8.24. The molecule has 1 aromatic rings. The number of carbonyl (C=O) groups excluding carboxylic acids is 2. The summed E-state index contributed by atoms with van der Waals surface area (Å²) in [4.78, 5) is 23.4. The quantitative estimate of drug-likeness (QED) is 0.818. The molecule has 0 radical (unpaired) electrons. The van der Waals surface area contributed by atoms with Crippen LogP contribution < -0.4 is 20.1 Å². The molecule has 1 aliphatic heterocycles. The molecule has 2 amide bonds. The Labute approximate surface area is 146 Å². The molecular formula is C17H23ClN2O4. The Kier molecular flexibility index (Phi) is 6.31. The van der Waals surface area contributed by atoms with Crippen molar-refractivity contribution < 1.29 is 19.1 Å². The predicted octanol–water partition coefficient (Wildman–Crippen LogP) is 1.93. The lowest BCUT2D eigenvalue weighted by atomic mass is 10.0. The average Bonchev–Trinajstić information content (AvgIpc) is 2.52. The number of carbonyl (C=O) groups is 2. The number of fused-ring (bicyclic) bond motifs is 1. The van der Waals surface area contributed by atoms with Crippen molar-refractivity contribution in [2.75, 3.05) is 19.8 Å². The van der Waals surface area contributed by atoms with Crippen LogP contribution in [0.25, 0.3) is 0 Å². The Hall–Kier alpha value is -1.95. The third kappa shape index (κ3) is 4.77. The molecule has 1 aromatic carbocycles. The average molecular weight is 355 g/mol. The summed E-state index contributed by atoms with van der Waals surface area (Å²) >= 11 is 6.20. The van der Waals surface area contributed by atoms with E-state index in [9.17, 15) is 9.59 Å². The van der Waals surface area contributed by atoms with Crippen molar-refractivity contribution >= 4 is 23.4 Å². The van der Waals surface area contributed by atoms with Crippen LogP contribution in [0.2, 0.25) is 5.02 Å². The van der Waals surface area contributed by atoms with Gasteiger partial charge in [-0.25, -0.2) is 0 Å². The summed E-state index contributed by atoms with van der Waals surface area (Å²) in [5.74, 6) is 0.804. The minimum Gasteiger partial charge on any atom is -0.486 e. The standard InChI is InChI=1S/C17H23ClN2O4/c1-10(2)15(20-11(3)21)17(22)19-5-4-12-8-13(18)16-14(9-12)23-6-7-24-16/h8-10,15H,4-7H2,1-3H3,(H,19,22)(H,20,21)/t15-/m0/s1. The van der Waals surface area contributed by atoms with Gasteiger partial charge in [0.2, 0.25) is 11.8 Å². The Morgan fingerprint density at radius 1 is 1.25 bits per heavy atom. The van der Waals surface area contributed by atoms with E-state index in [1.165, 1.54) is 6.92 Å². The maximum atomic E-state index is 12.2. The maximum Gasteiger partial charge on any atom is 0.242 e. The lowest BCUT2D eigenvalue weighted by Gasteiger charge is -2.21. The fraction of sp³-hybridized carbons (Fsp3) is 0.529. The van der Waals surface area contributed by atoms with Gasteiger partial charge in [-0.2, -0.15) is 0 Å². The second-order valence-corrected chi connectivity index (χ2v) is 6.47. The summed E-state index contributed by atoms with van der Waals surface area (Å²) in [7, 11) is 0. The molecular weight excluding hydrogens is 332 g/mol. The van der Waals surface area contributed by atoms with E-state index < -0.39 is 6.04 Å². The summed E-state index contributed by atoms with van der Waals surface area (Å²) in [5, 5.41) is 6.02. The lowest BCUT2D eigenvalue weighted by Crippen LogP contribution is -2.49. The van der Waals surface area contributed by atoms with Gasteiger partial charge in [0.05, 0.1) is 5.02 Å². The molecule has 2 N–H and O–H groups in total. The first-order valence-corrected chi connectivity index (χ1v) is 8.39. The minimum atomic E-state index is -0.536. The molecule has 1 aliphatic rings. The van der Waals surface area contributed by atoms with Gasteiger partial charge in [-0.15, -0.1) is 0 Å². The largest absolute Gasteiger partial charge is 0.486 e. The van der Waals surface area contributed by atoms with Gasteiger partial charge in [0, 0.05) is 13.5 Å². The molecule has 132 valence electrons. The zero-order valence-electron chi connectivity index (χ0n) is 14.1. The van der Waals surface area contributed by atoms with Gasteiger partial charge >= 0.3 is 0 Å². The number of ether oxygens (including phenoxy) is 2. The van der Waals surface area contributed by atoms with Crippen molar-refractivity contribution in [3.05, 3.63) is 22.7 Å². The summed E-state index contributed by atoms with van der Waals surface area (Å²) in [6.45, 7) is 6.61. The highest BCUT2D eigenvalue weighted by atomic mass is 35.5. The molecule has 0 spiro atoms. The number of rotatable bonds is 6. The molecule has 0 bridgehead atoms. The molecule has 1 heterocycles. The second-order valence-electron chi connectivity index (χ2n) is 6.07. The van der Waals surface area contributed by atoms with E-state index in [4.69, 9.17) is 21.1 Å². The van der Waals surface area contributed by atoms with E-state index in [-0.39, 0.29) is 17.7 Å². The van der Waals surface area contributed by atoms with Crippen LogP contribution in [0.4, 0.5) is 0 Å². The molecule has 24 heavy (non-hydrogen) atoms. The Balaban J connectivity index is 1.92. The molecule has 0 fully saturated rings. The van der Waals surface area contributed by atoms with Gasteiger partial charge in [-0.1, -0.05) is 25.4 Å². The number of hydrogen-bond acceptors (Lipinski definition) is 4. The van der Waals surface area contributed by atoms with Gasteiger partial charge in [-0.05, 0) is 30.0 Å². The molecule has 0 aliphatic carbocycles. The summed E-state index contributed by atoms with van der Waals surface area (Å²) in [6.07, 6.45) is 0.604. The highest BCUT2D eigenvalue weighted by Crippen LogP contribution is 2.38. The van der Waals surface area contributed by atoms with E-state index in [1.54, 1.807) is 0 Å². The minimum absolute atomic E-state index is 0.0117. The Morgan fingerprint density at radius 2 is 1.96 bits per heavy atom. The number of hydrogen-bond donors (Lipinski definition) is 2. The molecule has 0 saturated carbocycles. The first-order valence-electron chi connectivity index (χ1n) is 8.01. The number of amides is 2. The van der Waals surface area contributed by atoms with E-state index in [0.717, 1.165) is 5.56 Å². The van der Waals surface area contributed by atoms with Crippen LogP contribution in [0.3, 0.4) is 0 Å². The van der Waals surface area contributed by atoms with Crippen LogP contribution in [-0.2, 0) is 16.0 Å². The topological polar surface area (TPSA) is 76.7 Å². The lowest BCUT2D eigenvalue weighted by molar-refractivity contribution is -0.129. The van der Waals surface area contributed by atoms with E-state index in [2.05, 4.69) is 10.6 Å². The van der Waals surface area contributed by atoms with Crippen molar-refractivity contribution in [3.63, 3.8) is 0 Å². The van der Waals surface area contributed by atoms with Crippen LogP contribution in [0.5, 0.6) is 11.5 Å². The molecule has 6 nitrogen and oxygen atoms in total. The first kappa shape index (κ1) is 18.4. The van der Waals surface area contributed by atoms with Gasteiger partial charge < -0.3 is 20.1 Å². The number of benzene rings is 1. The van der Waals surface area contributed by atoms with Crippen molar-refractivity contribution in [1.29, 1.82) is 0 Å². The third-order valence-corrected chi connectivity index (χ3v) is 3.96. The molecule has 2 rings (SSSR count). The maximum absolute atomic E-state index is 12.2.